The lowest BCUT2D eigenvalue weighted by Gasteiger charge is -2.22. The number of tetrazole rings is 1. The number of carbonyl (C=O) groups is 1. The fraction of sp³-hybridized carbons (Fsp3) is 0.273. The van der Waals surface area contributed by atoms with E-state index in [1.54, 1.807) is 39.9 Å². The van der Waals surface area contributed by atoms with Crippen molar-refractivity contribution in [1.82, 2.24) is 25.1 Å². The molecule has 0 bridgehead atoms. The normalized spacial score (nSPS) is 10.8. The van der Waals surface area contributed by atoms with Gasteiger partial charge in [0.1, 0.15) is 12.4 Å². The van der Waals surface area contributed by atoms with E-state index in [0.717, 1.165) is 5.56 Å². The van der Waals surface area contributed by atoms with Crippen molar-refractivity contribution in [2.45, 2.75) is 33.0 Å². The molecule has 2 aromatic carbocycles. The van der Waals surface area contributed by atoms with Crippen molar-refractivity contribution in [3.05, 3.63) is 83.2 Å². The monoisotopic (exact) mass is 425 g/mol. The zero-order chi connectivity index (χ0) is 21.5. The Hall–Kier alpha value is -3.19. The Kier molecular flexibility index (Phi) is 7.19. The molecule has 0 aliphatic rings. The Balaban J connectivity index is 1.67. The third-order valence-electron chi connectivity index (χ3n) is 4.48. The minimum absolute atomic E-state index is 0.106. The van der Waals surface area contributed by atoms with Gasteiger partial charge in [0.05, 0.1) is 6.04 Å². The highest BCUT2D eigenvalue weighted by molar-refractivity contribution is 6.31. The van der Waals surface area contributed by atoms with E-state index in [2.05, 4.69) is 22.1 Å². The Morgan fingerprint density at radius 3 is 2.63 bits per heavy atom. The molecule has 1 heterocycles. The SMILES string of the molecule is C=CCN(Cc1ccccc1Cl)C(=O)c1ccc(OCc2nnnn2C(C)C)cc1. The quantitative estimate of drug-likeness (QED) is 0.477. The lowest BCUT2D eigenvalue weighted by molar-refractivity contribution is 0.0762. The number of nitrogens with zero attached hydrogens (tertiary/aromatic N) is 5. The molecule has 156 valence electrons. The number of amides is 1. The topological polar surface area (TPSA) is 73.1 Å². The molecular weight excluding hydrogens is 402 g/mol. The number of carbonyl (C=O) groups excluding carboxylic acids is 1. The van der Waals surface area contributed by atoms with Gasteiger partial charge in [0.2, 0.25) is 0 Å². The predicted octanol–water partition coefficient (Wildman–Crippen LogP) is 4.31. The standard InChI is InChI=1S/C22H24ClN5O2/c1-4-13-27(14-18-7-5-6-8-20(18)23)22(29)17-9-11-19(12-10-17)30-15-21-24-25-26-28(21)16(2)3/h4-12,16H,1,13-15H2,2-3H3. The van der Waals surface area contributed by atoms with Gasteiger partial charge in [0, 0.05) is 23.7 Å². The van der Waals surface area contributed by atoms with Crippen LogP contribution in [0.4, 0.5) is 0 Å². The van der Waals surface area contributed by atoms with Crippen LogP contribution in [0, 0.1) is 0 Å². The molecule has 1 aromatic heterocycles. The molecule has 0 radical (unpaired) electrons. The number of hydrogen-bond donors (Lipinski definition) is 0. The second-order valence-electron chi connectivity index (χ2n) is 7.01. The second-order valence-corrected chi connectivity index (χ2v) is 7.42. The van der Waals surface area contributed by atoms with Crippen molar-refractivity contribution in [3.8, 4) is 5.75 Å². The summed E-state index contributed by atoms with van der Waals surface area (Å²) in [5.74, 6) is 1.17. The summed E-state index contributed by atoms with van der Waals surface area (Å²) < 4.78 is 7.48. The molecule has 0 aliphatic carbocycles. The van der Waals surface area contributed by atoms with Crippen LogP contribution in [-0.4, -0.2) is 37.6 Å². The molecule has 8 heteroatoms. The first-order valence-electron chi connectivity index (χ1n) is 9.62. The molecule has 30 heavy (non-hydrogen) atoms. The zero-order valence-corrected chi connectivity index (χ0v) is 17.8. The second kappa shape index (κ2) is 10.0. The molecule has 3 rings (SSSR count). The number of ether oxygens (including phenoxy) is 1. The summed E-state index contributed by atoms with van der Waals surface area (Å²) in [7, 11) is 0. The van der Waals surface area contributed by atoms with E-state index >= 15 is 0 Å². The van der Waals surface area contributed by atoms with Crippen molar-refractivity contribution >= 4 is 17.5 Å². The maximum atomic E-state index is 13.0. The molecule has 0 atom stereocenters. The van der Waals surface area contributed by atoms with E-state index < -0.39 is 0 Å². The first kappa shape index (κ1) is 21.5. The zero-order valence-electron chi connectivity index (χ0n) is 17.0. The van der Waals surface area contributed by atoms with Crippen LogP contribution < -0.4 is 4.74 Å². The molecule has 0 unspecified atom stereocenters. The molecule has 1 amide bonds. The molecule has 0 saturated heterocycles. The van der Waals surface area contributed by atoms with Gasteiger partial charge < -0.3 is 9.64 Å². The van der Waals surface area contributed by atoms with Gasteiger partial charge in [0.15, 0.2) is 5.82 Å². The van der Waals surface area contributed by atoms with Crippen LogP contribution in [0.1, 0.15) is 41.6 Å². The lowest BCUT2D eigenvalue weighted by Crippen LogP contribution is -2.30. The summed E-state index contributed by atoms with van der Waals surface area (Å²) in [5.41, 5.74) is 1.44. The van der Waals surface area contributed by atoms with Gasteiger partial charge in [-0.1, -0.05) is 35.9 Å². The molecule has 0 spiro atoms. The molecule has 0 saturated carbocycles. The highest BCUT2D eigenvalue weighted by Gasteiger charge is 2.16. The summed E-state index contributed by atoms with van der Waals surface area (Å²) in [5, 5.41) is 12.3. The molecular formula is C22H24ClN5O2. The van der Waals surface area contributed by atoms with Crippen LogP contribution >= 0.6 is 11.6 Å². The van der Waals surface area contributed by atoms with E-state index in [0.29, 0.717) is 35.2 Å². The van der Waals surface area contributed by atoms with E-state index in [4.69, 9.17) is 16.3 Å². The summed E-state index contributed by atoms with van der Waals surface area (Å²) in [6.45, 7) is 8.82. The Labute approximate surface area is 180 Å². The van der Waals surface area contributed by atoms with Gasteiger partial charge in [-0.25, -0.2) is 4.68 Å². The molecule has 3 aromatic rings. The van der Waals surface area contributed by atoms with E-state index in [-0.39, 0.29) is 18.6 Å². The Morgan fingerprint density at radius 1 is 1.23 bits per heavy atom. The van der Waals surface area contributed by atoms with Gasteiger partial charge in [-0.2, -0.15) is 0 Å². The smallest absolute Gasteiger partial charge is 0.254 e. The fourth-order valence-corrected chi connectivity index (χ4v) is 3.14. The largest absolute Gasteiger partial charge is 0.486 e. The number of rotatable bonds is 9. The average Bonchev–Trinajstić information content (AvgIpc) is 3.22. The predicted molar refractivity (Wildman–Crippen MR) is 115 cm³/mol. The summed E-state index contributed by atoms with van der Waals surface area (Å²) in [6.07, 6.45) is 1.70. The maximum absolute atomic E-state index is 13.0. The lowest BCUT2D eigenvalue weighted by atomic mass is 10.1. The van der Waals surface area contributed by atoms with Gasteiger partial charge >= 0.3 is 0 Å². The first-order valence-corrected chi connectivity index (χ1v) is 10.0. The summed E-state index contributed by atoms with van der Waals surface area (Å²) in [4.78, 5) is 14.7. The fourth-order valence-electron chi connectivity index (χ4n) is 2.94. The minimum Gasteiger partial charge on any atom is -0.486 e. The molecule has 7 nitrogen and oxygen atoms in total. The van der Waals surface area contributed by atoms with Crippen molar-refractivity contribution in [1.29, 1.82) is 0 Å². The number of aromatic nitrogens is 4. The van der Waals surface area contributed by atoms with Gasteiger partial charge in [-0.05, 0) is 60.2 Å². The minimum atomic E-state index is -0.106. The maximum Gasteiger partial charge on any atom is 0.254 e. The third kappa shape index (κ3) is 5.24. The van der Waals surface area contributed by atoms with Crippen LogP contribution in [-0.2, 0) is 13.2 Å². The molecule has 0 aliphatic heterocycles. The van der Waals surface area contributed by atoms with Crippen molar-refractivity contribution in [2.24, 2.45) is 0 Å². The van der Waals surface area contributed by atoms with Gasteiger partial charge in [0.25, 0.3) is 5.91 Å². The van der Waals surface area contributed by atoms with Gasteiger partial charge in [-0.3, -0.25) is 4.79 Å². The Morgan fingerprint density at radius 2 is 1.97 bits per heavy atom. The van der Waals surface area contributed by atoms with Crippen molar-refractivity contribution in [2.75, 3.05) is 6.54 Å². The van der Waals surface area contributed by atoms with Crippen molar-refractivity contribution < 1.29 is 9.53 Å². The summed E-state index contributed by atoms with van der Waals surface area (Å²) in [6, 6.07) is 14.6. The van der Waals surface area contributed by atoms with E-state index in [1.807, 2.05) is 38.1 Å². The van der Waals surface area contributed by atoms with Crippen LogP contribution in [0.25, 0.3) is 0 Å². The third-order valence-corrected chi connectivity index (χ3v) is 4.84. The number of hydrogen-bond acceptors (Lipinski definition) is 5. The highest BCUT2D eigenvalue weighted by Crippen LogP contribution is 2.20. The molecule has 0 fully saturated rings. The number of halogens is 1. The summed E-state index contributed by atoms with van der Waals surface area (Å²) >= 11 is 6.25. The highest BCUT2D eigenvalue weighted by atomic mass is 35.5. The van der Waals surface area contributed by atoms with Crippen LogP contribution in [0.3, 0.4) is 0 Å². The molecule has 0 N–H and O–H groups in total. The average molecular weight is 426 g/mol. The van der Waals surface area contributed by atoms with E-state index in [1.165, 1.54) is 0 Å². The number of benzene rings is 2. The van der Waals surface area contributed by atoms with Gasteiger partial charge in [-0.15, -0.1) is 11.7 Å². The van der Waals surface area contributed by atoms with Crippen LogP contribution in [0.5, 0.6) is 5.75 Å². The van der Waals surface area contributed by atoms with E-state index in [9.17, 15) is 4.79 Å². The van der Waals surface area contributed by atoms with Crippen LogP contribution in [0.15, 0.2) is 61.2 Å². The first-order chi connectivity index (χ1) is 14.5. The Bertz CT molecular complexity index is 1000. The van der Waals surface area contributed by atoms with Crippen molar-refractivity contribution in [3.63, 3.8) is 0 Å². The van der Waals surface area contributed by atoms with Crippen LogP contribution in [0.2, 0.25) is 5.02 Å².